The Labute approximate surface area is 138 Å². The van der Waals surface area contributed by atoms with Crippen LogP contribution < -0.4 is 0 Å². The molecule has 1 N–H and O–H groups in total. The minimum atomic E-state index is -0.0774. The molecule has 130 valence electrons. The second kappa shape index (κ2) is 8.45. The molecule has 2 rings (SSSR count). The zero-order chi connectivity index (χ0) is 16.8. The minimum Gasteiger partial charge on any atom is -0.395 e. The van der Waals surface area contributed by atoms with Crippen LogP contribution in [0.25, 0.3) is 0 Å². The van der Waals surface area contributed by atoms with Crippen molar-refractivity contribution in [2.75, 3.05) is 32.8 Å². The number of nitrogens with zero attached hydrogens (tertiary/aromatic N) is 3. The van der Waals surface area contributed by atoms with Crippen LogP contribution in [0.1, 0.15) is 62.2 Å². The smallest absolute Gasteiger partial charge is 0.292 e. The summed E-state index contributed by atoms with van der Waals surface area (Å²) in [5.41, 5.74) is 0.878. The van der Waals surface area contributed by atoms with Crippen LogP contribution in [0, 0.1) is 0 Å². The van der Waals surface area contributed by atoms with E-state index in [9.17, 15) is 9.90 Å². The summed E-state index contributed by atoms with van der Waals surface area (Å²) in [6, 6.07) is 1.99. The molecule has 1 saturated heterocycles. The summed E-state index contributed by atoms with van der Waals surface area (Å²) < 4.78 is 5.29. The van der Waals surface area contributed by atoms with Gasteiger partial charge in [-0.1, -0.05) is 25.9 Å². The maximum Gasteiger partial charge on any atom is 0.292 e. The molecule has 1 fully saturated rings. The number of carbonyl (C=O) groups excluding carboxylic acids is 1. The van der Waals surface area contributed by atoms with Gasteiger partial charge in [-0.3, -0.25) is 9.69 Å². The molecule has 2 heterocycles. The molecule has 0 bridgehead atoms. The van der Waals surface area contributed by atoms with Gasteiger partial charge in [0, 0.05) is 44.2 Å². The van der Waals surface area contributed by atoms with E-state index in [1.165, 1.54) is 0 Å². The third-order valence-electron chi connectivity index (χ3n) is 4.94. The average Bonchev–Trinajstić information content (AvgIpc) is 3.07. The molecule has 1 aromatic rings. The van der Waals surface area contributed by atoms with E-state index in [1.807, 2.05) is 4.90 Å². The first-order valence-electron chi connectivity index (χ1n) is 8.75. The molecule has 0 spiro atoms. The number of hydrogen-bond donors (Lipinski definition) is 1. The lowest BCUT2D eigenvalue weighted by molar-refractivity contribution is 0.0443. The van der Waals surface area contributed by atoms with E-state index < -0.39 is 0 Å². The van der Waals surface area contributed by atoms with Crippen LogP contribution in [0.3, 0.4) is 0 Å². The number of carbonyl (C=O) groups is 1. The summed E-state index contributed by atoms with van der Waals surface area (Å²) in [5, 5.41) is 13.5. The molecule has 1 aliphatic heterocycles. The van der Waals surface area contributed by atoms with E-state index in [0.29, 0.717) is 24.8 Å². The third-order valence-corrected chi connectivity index (χ3v) is 4.94. The van der Waals surface area contributed by atoms with Crippen LogP contribution >= 0.6 is 0 Å². The van der Waals surface area contributed by atoms with Crippen LogP contribution in [0.4, 0.5) is 0 Å². The van der Waals surface area contributed by atoms with Crippen molar-refractivity contribution < 1.29 is 14.4 Å². The van der Waals surface area contributed by atoms with Crippen molar-refractivity contribution in [2.24, 2.45) is 0 Å². The molecule has 0 saturated carbocycles. The summed E-state index contributed by atoms with van der Waals surface area (Å²) in [7, 11) is 0. The summed E-state index contributed by atoms with van der Waals surface area (Å²) in [6.45, 7) is 9.39. The van der Waals surface area contributed by atoms with Crippen LogP contribution in [-0.4, -0.2) is 64.8 Å². The fraction of sp³-hybridized carbons (Fsp3) is 0.765. The standard InChI is InChI=1S/C17H29N3O3/c1-4-13(5-2)15-11-16(23-18-15)17(22)20-9-7-19(8-10-20)14(6-3)12-21/h11,13-14,21H,4-10,12H2,1-3H3. The highest BCUT2D eigenvalue weighted by Gasteiger charge is 2.28. The van der Waals surface area contributed by atoms with Gasteiger partial charge in [0.2, 0.25) is 5.76 Å². The molecule has 0 aliphatic carbocycles. The highest BCUT2D eigenvalue weighted by Crippen LogP contribution is 2.23. The van der Waals surface area contributed by atoms with Crippen LogP contribution in [-0.2, 0) is 0 Å². The van der Waals surface area contributed by atoms with E-state index >= 15 is 0 Å². The third kappa shape index (κ3) is 4.12. The number of piperazine rings is 1. The first-order valence-corrected chi connectivity index (χ1v) is 8.75. The summed E-state index contributed by atoms with van der Waals surface area (Å²) in [5.74, 6) is 0.618. The zero-order valence-electron chi connectivity index (χ0n) is 14.5. The molecular formula is C17H29N3O3. The highest BCUT2D eigenvalue weighted by atomic mass is 16.5. The molecule has 0 radical (unpaired) electrons. The Balaban J connectivity index is 1.95. The molecule has 1 atom stereocenters. The Kier molecular flexibility index (Phi) is 6.59. The Morgan fingerprint density at radius 2 is 1.87 bits per heavy atom. The van der Waals surface area contributed by atoms with Gasteiger partial charge >= 0.3 is 0 Å². The monoisotopic (exact) mass is 323 g/mol. The number of aliphatic hydroxyl groups is 1. The van der Waals surface area contributed by atoms with Gasteiger partial charge in [0.15, 0.2) is 0 Å². The lowest BCUT2D eigenvalue weighted by Crippen LogP contribution is -2.52. The van der Waals surface area contributed by atoms with Gasteiger partial charge in [0.25, 0.3) is 5.91 Å². The van der Waals surface area contributed by atoms with Gasteiger partial charge in [0.05, 0.1) is 12.3 Å². The van der Waals surface area contributed by atoms with E-state index in [2.05, 4.69) is 30.8 Å². The summed E-state index contributed by atoms with van der Waals surface area (Å²) in [6.07, 6.45) is 2.91. The number of hydrogen-bond acceptors (Lipinski definition) is 5. The number of amides is 1. The molecule has 23 heavy (non-hydrogen) atoms. The van der Waals surface area contributed by atoms with Crippen LogP contribution in [0.15, 0.2) is 10.6 Å². The SMILES string of the molecule is CCC(CC)c1cc(C(=O)N2CCN(C(CC)CO)CC2)on1. The second-order valence-corrected chi connectivity index (χ2v) is 6.20. The van der Waals surface area contributed by atoms with E-state index in [-0.39, 0.29) is 18.6 Å². The maximum absolute atomic E-state index is 12.6. The van der Waals surface area contributed by atoms with E-state index in [0.717, 1.165) is 38.0 Å². The van der Waals surface area contributed by atoms with Crippen molar-refractivity contribution in [2.45, 2.75) is 52.0 Å². The quantitative estimate of drug-likeness (QED) is 0.832. The predicted molar refractivity (Wildman–Crippen MR) is 88.5 cm³/mol. The molecule has 1 amide bonds. The first kappa shape index (κ1) is 17.9. The molecule has 6 nitrogen and oxygen atoms in total. The Bertz CT molecular complexity index is 487. The Morgan fingerprint density at radius 1 is 1.22 bits per heavy atom. The maximum atomic E-state index is 12.6. The fourth-order valence-electron chi connectivity index (χ4n) is 3.24. The van der Waals surface area contributed by atoms with Gasteiger partial charge in [-0.05, 0) is 19.3 Å². The highest BCUT2D eigenvalue weighted by molar-refractivity contribution is 5.91. The normalized spacial score (nSPS) is 17.7. The molecular weight excluding hydrogens is 294 g/mol. The second-order valence-electron chi connectivity index (χ2n) is 6.20. The number of aliphatic hydroxyl groups excluding tert-OH is 1. The predicted octanol–water partition coefficient (Wildman–Crippen LogP) is 2.11. The van der Waals surface area contributed by atoms with Crippen molar-refractivity contribution in [3.63, 3.8) is 0 Å². The minimum absolute atomic E-state index is 0.0774. The van der Waals surface area contributed by atoms with Crippen molar-refractivity contribution in [3.8, 4) is 0 Å². The Hall–Kier alpha value is -1.40. The van der Waals surface area contributed by atoms with Gasteiger partial charge in [-0.25, -0.2) is 0 Å². The van der Waals surface area contributed by atoms with Crippen LogP contribution in [0.5, 0.6) is 0 Å². The molecule has 6 heteroatoms. The topological polar surface area (TPSA) is 69.8 Å². The largest absolute Gasteiger partial charge is 0.395 e. The lowest BCUT2D eigenvalue weighted by atomic mass is 9.99. The fourth-order valence-corrected chi connectivity index (χ4v) is 3.24. The molecule has 0 aromatic carbocycles. The van der Waals surface area contributed by atoms with Crippen molar-refractivity contribution in [1.29, 1.82) is 0 Å². The molecule has 1 aliphatic rings. The summed E-state index contributed by atoms with van der Waals surface area (Å²) in [4.78, 5) is 16.6. The van der Waals surface area contributed by atoms with Crippen molar-refractivity contribution >= 4 is 5.91 Å². The molecule has 1 aromatic heterocycles. The lowest BCUT2D eigenvalue weighted by Gasteiger charge is -2.38. The number of aromatic nitrogens is 1. The van der Waals surface area contributed by atoms with Gasteiger partial charge in [0.1, 0.15) is 0 Å². The van der Waals surface area contributed by atoms with Crippen molar-refractivity contribution in [1.82, 2.24) is 15.0 Å². The van der Waals surface area contributed by atoms with Gasteiger partial charge in [-0.2, -0.15) is 0 Å². The van der Waals surface area contributed by atoms with Gasteiger partial charge in [-0.15, -0.1) is 0 Å². The van der Waals surface area contributed by atoms with E-state index in [1.54, 1.807) is 6.07 Å². The van der Waals surface area contributed by atoms with Gasteiger partial charge < -0.3 is 14.5 Å². The summed E-state index contributed by atoms with van der Waals surface area (Å²) >= 11 is 0. The van der Waals surface area contributed by atoms with E-state index in [4.69, 9.17) is 4.52 Å². The first-order chi connectivity index (χ1) is 11.1. The number of rotatable bonds is 7. The Morgan fingerprint density at radius 3 is 2.39 bits per heavy atom. The van der Waals surface area contributed by atoms with Crippen LogP contribution in [0.2, 0.25) is 0 Å². The molecule has 1 unspecified atom stereocenters. The zero-order valence-corrected chi connectivity index (χ0v) is 14.5. The van der Waals surface area contributed by atoms with Crippen molar-refractivity contribution in [3.05, 3.63) is 17.5 Å². The average molecular weight is 323 g/mol.